The Hall–Kier alpha value is -4.62. The van der Waals surface area contributed by atoms with Crippen LogP contribution in [-0.4, -0.2) is 157 Å². The molecule has 0 saturated heterocycles. The van der Waals surface area contributed by atoms with E-state index in [1.54, 1.807) is 0 Å². The number of nitrogens with one attached hydrogen (secondary N) is 6. The molecule has 0 fully saturated rings. The molecular formula is C81H156N10O13S. The first-order valence-corrected chi connectivity index (χ1v) is 43.6. The van der Waals surface area contributed by atoms with Crippen molar-refractivity contribution in [2.45, 2.75) is 410 Å². The van der Waals surface area contributed by atoms with E-state index < -0.39 is 96.3 Å². The maximum atomic E-state index is 14.5. The number of rotatable bonds is 78. The highest BCUT2D eigenvalue weighted by atomic mass is 32.2. The van der Waals surface area contributed by atoms with E-state index in [1.165, 1.54) is 179 Å². The highest BCUT2D eigenvalue weighted by molar-refractivity contribution is 7.99. The lowest BCUT2D eigenvalue weighted by molar-refractivity contribution is -0.157. The van der Waals surface area contributed by atoms with Crippen LogP contribution in [0.4, 0.5) is 0 Å². The van der Waals surface area contributed by atoms with E-state index in [0.29, 0.717) is 83.7 Å². The number of aliphatic carboxylic acids is 1. The van der Waals surface area contributed by atoms with Gasteiger partial charge in [-0.15, -0.1) is 0 Å². The van der Waals surface area contributed by atoms with Crippen molar-refractivity contribution in [3.05, 3.63) is 0 Å². The smallest absolute Gasteiger partial charge is 0.326 e. The number of unbranched alkanes of at least 4 members (excludes halogenated alkanes) is 40. The van der Waals surface area contributed by atoms with Gasteiger partial charge in [0, 0.05) is 30.8 Å². The second-order valence-corrected chi connectivity index (χ2v) is 30.5. The number of hydrogen-bond donors (Lipinski definition) is 12. The zero-order valence-electron chi connectivity index (χ0n) is 66.5. The summed E-state index contributed by atoms with van der Waals surface area (Å²) < 4.78 is 11.8. The van der Waals surface area contributed by atoms with Gasteiger partial charge in [0.1, 0.15) is 49.0 Å². The van der Waals surface area contributed by atoms with E-state index in [-0.39, 0.29) is 82.1 Å². The number of ether oxygens (including phenoxy) is 2. The van der Waals surface area contributed by atoms with Crippen LogP contribution in [0.15, 0.2) is 0 Å². The number of esters is 2. The van der Waals surface area contributed by atoms with Crippen LogP contribution < -0.4 is 54.8 Å². The van der Waals surface area contributed by atoms with Gasteiger partial charge < -0.3 is 74.5 Å². The normalized spacial score (nSPS) is 13.4. The summed E-state index contributed by atoms with van der Waals surface area (Å²) in [5.74, 6) is -6.35. The van der Waals surface area contributed by atoms with Crippen molar-refractivity contribution in [2.75, 3.05) is 50.9 Å². The minimum Gasteiger partial charge on any atom is -0.480 e. The van der Waals surface area contributed by atoms with Crippen molar-refractivity contribution in [3.63, 3.8) is 0 Å². The van der Waals surface area contributed by atoms with E-state index in [4.69, 9.17) is 32.4 Å². The molecule has 0 aliphatic rings. The van der Waals surface area contributed by atoms with Crippen molar-refractivity contribution < 1.29 is 62.8 Å². The van der Waals surface area contributed by atoms with Gasteiger partial charge in [-0.25, -0.2) is 4.79 Å². The molecule has 0 aromatic rings. The first-order chi connectivity index (χ1) is 51.0. The molecule has 0 spiro atoms. The van der Waals surface area contributed by atoms with Crippen molar-refractivity contribution >= 4 is 65.1 Å². The molecule has 0 bridgehead atoms. The molecule has 24 heteroatoms. The molecule has 0 heterocycles. The lowest BCUT2D eigenvalue weighted by Crippen LogP contribution is -2.60. The third-order valence-electron chi connectivity index (χ3n) is 19.6. The molecule has 2 unspecified atom stereocenters. The Morgan fingerprint density at radius 1 is 0.314 bits per heavy atom. The monoisotopic (exact) mass is 1510 g/mol. The van der Waals surface area contributed by atoms with E-state index in [1.807, 2.05) is 0 Å². The van der Waals surface area contributed by atoms with E-state index >= 15 is 0 Å². The summed E-state index contributed by atoms with van der Waals surface area (Å²) in [5, 5.41) is 36.9. The lowest BCUT2D eigenvalue weighted by Gasteiger charge is -2.27. The lowest BCUT2D eigenvalue weighted by atomic mass is 10.0. The Balaban J connectivity index is 6.62. The molecule has 7 atom stereocenters. The number of carboxylic acid groups (broad SMARTS) is 1. The summed E-state index contributed by atoms with van der Waals surface area (Å²) in [6.45, 7) is 6.81. The van der Waals surface area contributed by atoms with Crippen LogP contribution in [0.1, 0.15) is 367 Å². The summed E-state index contributed by atoms with van der Waals surface area (Å²) in [4.78, 5) is 124. The molecule has 16 N–H and O–H groups in total. The van der Waals surface area contributed by atoms with Crippen LogP contribution in [-0.2, 0) is 52.6 Å². The van der Waals surface area contributed by atoms with Crippen LogP contribution in [0.2, 0.25) is 0 Å². The topological polar surface area (TPSA) is 389 Å². The van der Waals surface area contributed by atoms with Gasteiger partial charge in [-0.2, -0.15) is 11.8 Å². The molecule has 0 aliphatic heterocycles. The van der Waals surface area contributed by atoms with Gasteiger partial charge >= 0.3 is 17.9 Å². The van der Waals surface area contributed by atoms with Crippen LogP contribution in [0.25, 0.3) is 0 Å². The summed E-state index contributed by atoms with van der Waals surface area (Å²) in [5.41, 5.74) is 23.1. The van der Waals surface area contributed by atoms with Crippen LogP contribution in [0.3, 0.4) is 0 Å². The number of thioether (sulfide) groups is 1. The molecule has 0 rings (SSSR count). The first-order valence-electron chi connectivity index (χ1n) is 42.4. The minimum absolute atomic E-state index is 0.0390. The molecule has 0 aliphatic carbocycles. The molecule has 614 valence electrons. The quantitative estimate of drug-likeness (QED) is 0.0199. The summed E-state index contributed by atoms with van der Waals surface area (Å²) >= 11 is 1.20. The molecule has 105 heavy (non-hydrogen) atoms. The zero-order chi connectivity index (χ0) is 77.4. The molecule has 6 amide bonds. The van der Waals surface area contributed by atoms with Gasteiger partial charge in [-0.1, -0.05) is 252 Å². The second kappa shape index (κ2) is 73.5. The Morgan fingerprint density at radius 3 is 0.914 bits per heavy atom. The first kappa shape index (κ1) is 100. The number of aliphatic hydroxyl groups is 1. The average Bonchev–Trinajstić information content (AvgIpc) is 0.864. The number of amides is 6. The van der Waals surface area contributed by atoms with E-state index in [0.717, 1.165) is 64.2 Å². The molecular weight excluding hydrogens is 1350 g/mol. The number of carbonyl (C=O) groups excluding carboxylic acids is 8. The Labute approximate surface area is 640 Å². The van der Waals surface area contributed by atoms with Gasteiger partial charge in [0.2, 0.25) is 35.4 Å². The second-order valence-electron chi connectivity index (χ2n) is 29.4. The summed E-state index contributed by atoms with van der Waals surface area (Å²) in [7, 11) is 0. The molecule has 0 aromatic carbocycles. The third kappa shape index (κ3) is 59.9. The van der Waals surface area contributed by atoms with Crippen LogP contribution in [0, 0.1) is 0 Å². The Bertz CT molecular complexity index is 2170. The Kier molecular flexibility index (Phi) is 70.3. The van der Waals surface area contributed by atoms with Crippen molar-refractivity contribution in [1.82, 2.24) is 31.9 Å². The number of aliphatic hydroxyl groups excluding tert-OH is 1. The summed E-state index contributed by atoms with van der Waals surface area (Å²) in [6.07, 6.45) is 48.7. The minimum atomic E-state index is -1.62. The van der Waals surface area contributed by atoms with Crippen molar-refractivity contribution in [3.8, 4) is 0 Å². The Morgan fingerprint density at radius 2 is 0.590 bits per heavy atom. The molecule has 0 saturated carbocycles. The maximum absolute atomic E-state index is 14.5. The van der Waals surface area contributed by atoms with Crippen LogP contribution in [0.5, 0.6) is 0 Å². The number of hydrogen-bond acceptors (Lipinski definition) is 17. The predicted molar refractivity (Wildman–Crippen MR) is 427 cm³/mol. The van der Waals surface area contributed by atoms with E-state index in [9.17, 15) is 53.4 Å². The molecule has 0 aromatic heterocycles. The van der Waals surface area contributed by atoms with Crippen molar-refractivity contribution in [2.24, 2.45) is 22.9 Å². The fourth-order valence-corrected chi connectivity index (χ4v) is 13.9. The van der Waals surface area contributed by atoms with Gasteiger partial charge in [-0.05, 0) is 122 Å². The standard InChI is InChI=1S/C81H156N10O13S/c1-4-7-10-13-16-19-22-25-28-31-34-37-40-55-73(93)86-72(65-105-64-66(104-75(95)57-42-39-36-33-30-27-24-21-18-15-12-9-6-3)63-103-74(94)56-41-38-35-32-29-26-23-20-17-14-11-8-5-2)80(100)91-71(62-92)79(99)89-68(52-44-48-59-83)77(97)87-67(51-43-47-58-82)76(96)88-69(53-45-49-60-84)78(98)90-70(81(101)102)54-46-50-61-85/h66-72,92H,4-65,82-85H2,1-3H3,(H,86,93)(H,87,97)(H,88,96)(H,89,99)(H,90,98)(H,91,100)(H,101,102)/t66?,67-,68?,69-,70-,71-,72-/m0/s1. The highest BCUT2D eigenvalue weighted by Gasteiger charge is 2.34. The number of carboxylic acids is 1. The highest BCUT2D eigenvalue weighted by Crippen LogP contribution is 2.20. The number of nitrogens with two attached hydrogens (primary N) is 4. The zero-order valence-corrected chi connectivity index (χ0v) is 67.3. The van der Waals surface area contributed by atoms with Crippen LogP contribution >= 0.6 is 11.8 Å². The fourth-order valence-electron chi connectivity index (χ4n) is 12.9. The molecule has 0 radical (unpaired) electrons. The van der Waals surface area contributed by atoms with E-state index in [2.05, 4.69) is 52.7 Å². The maximum Gasteiger partial charge on any atom is 0.326 e. The third-order valence-corrected chi connectivity index (χ3v) is 20.7. The average molecular weight is 1510 g/mol. The summed E-state index contributed by atoms with van der Waals surface area (Å²) in [6, 6.07) is -7.86. The largest absolute Gasteiger partial charge is 0.480 e. The van der Waals surface area contributed by atoms with Gasteiger partial charge in [-0.3, -0.25) is 38.4 Å². The van der Waals surface area contributed by atoms with Gasteiger partial charge in [0.05, 0.1) is 6.61 Å². The van der Waals surface area contributed by atoms with Crippen molar-refractivity contribution in [1.29, 1.82) is 0 Å². The fraction of sp³-hybridized carbons (Fsp3) is 0.889. The van der Waals surface area contributed by atoms with Gasteiger partial charge in [0.15, 0.2) is 0 Å². The SMILES string of the molecule is CCCCCCCCCCCCCCCC(=O)N[C@@H](CSCC(COC(=O)CCCCCCCCCCCCCCC)OC(=O)CCCCCCCCCCCCCCC)C(=O)N[C@@H](CO)C(=O)NC(CCCCN)C(=O)N[C@@H](CCCCN)C(=O)N[C@@H](CCCCN)C(=O)N[C@@H](CCCCN)C(=O)O. The van der Waals surface area contributed by atoms with Gasteiger partial charge in [0.25, 0.3) is 0 Å². The predicted octanol–water partition coefficient (Wildman–Crippen LogP) is 13.1. The number of carbonyl (C=O) groups is 9. The molecule has 23 nitrogen and oxygen atoms in total.